The average molecular weight is 419 g/mol. The van der Waals surface area contributed by atoms with Gasteiger partial charge in [0.2, 0.25) is 5.95 Å². The molecule has 4 rings (SSSR count). The largest absolute Gasteiger partial charge is 0.369 e. The van der Waals surface area contributed by atoms with Crippen molar-refractivity contribution < 1.29 is 4.79 Å². The topological polar surface area (TPSA) is 85.4 Å². The average Bonchev–Trinajstić information content (AvgIpc) is 3.32. The first kappa shape index (κ1) is 21.4. The number of amides is 2. The fourth-order valence-electron chi connectivity index (χ4n) is 4.03. The molecule has 0 aliphatic carbocycles. The van der Waals surface area contributed by atoms with Crippen LogP contribution in [0, 0.1) is 0 Å². The van der Waals surface area contributed by atoms with Crippen LogP contribution in [0.5, 0.6) is 0 Å². The summed E-state index contributed by atoms with van der Waals surface area (Å²) in [6.07, 6.45) is 7.64. The molecule has 31 heavy (non-hydrogen) atoms. The van der Waals surface area contributed by atoms with Crippen molar-refractivity contribution >= 4 is 42.5 Å². The van der Waals surface area contributed by atoms with Gasteiger partial charge >= 0.3 is 6.03 Å². The molecule has 0 saturated carbocycles. The van der Waals surface area contributed by atoms with Crippen LogP contribution in [-0.2, 0) is 0 Å². The summed E-state index contributed by atoms with van der Waals surface area (Å²) in [5, 5.41) is 9.49. The maximum atomic E-state index is 12.3. The van der Waals surface area contributed by atoms with Gasteiger partial charge in [-0.05, 0) is 62.4 Å². The summed E-state index contributed by atoms with van der Waals surface area (Å²) in [7, 11) is 6.06. The summed E-state index contributed by atoms with van der Waals surface area (Å²) < 4.78 is 0. The SMILES string of the molecule is [B]c1cnc(Nc2cccc(NC(=O)N3CCCC3)c2)nc1NCCN1CCCCC1. The number of hydrogen-bond acceptors (Lipinski definition) is 6. The van der Waals surface area contributed by atoms with Crippen molar-refractivity contribution in [1.29, 1.82) is 0 Å². The lowest BCUT2D eigenvalue weighted by Crippen LogP contribution is -2.34. The zero-order valence-corrected chi connectivity index (χ0v) is 17.9. The first-order valence-electron chi connectivity index (χ1n) is 11.2. The summed E-state index contributed by atoms with van der Waals surface area (Å²) in [6, 6.07) is 7.48. The number of urea groups is 1. The van der Waals surface area contributed by atoms with E-state index < -0.39 is 0 Å². The van der Waals surface area contributed by atoms with Crippen molar-refractivity contribution in [2.75, 3.05) is 55.2 Å². The summed E-state index contributed by atoms with van der Waals surface area (Å²) in [6.45, 7) is 5.73. The zero-order valence-electron chi connectivity index (χ0n) is 17.9. The van der Waals surface area contributed by atoms with Crippen LogP contribution in [0.15, 0.2) is 30.5 Å². The van der Waals surface area contributed by atoms with Crippen molar-refractivity contribution in [2.45, 2.75) is 32.1 Å². The molecular formula is C22H30BN7O. The highest BCUT2D eigenvalue weighted by atomic mass is 16.2. The minimum absolute atomic E-state index is 0.0569. The molecule has 2 radical (unpaired) electrons. The van der Waals surface area contributed by atoms with E-state index in [4.69, 9.17) is 7.85 Å². The minimum atomic E-state index is -0.0569. The minimum Gasteiger partial charge on any atom is -0.369 e. The lowest BCUT2D eigenvalue weighted by Gasteiger charge is -2.26. The molecule has 0 atom stereocenters. The highest BCUT2D eigenvalue weighted by Gasteiger charge is 2.17. The van der Waals surface area contributed by atoms with Crippen LogP contribution in [0.25, 0.3) is 0 Å². The van der Waals surface area contributed by atoms with E-state index in [1.807, 2.05) is 29.2 Å². The third kappa shape index (κ3) is 6.10. The normalized spacial score (nSPS) is 16.8. The molecule has 162 valence electrons. The van der Waals surface area contributed by atoms with Crippen molar-refractivity contribution in [3.8, 4) is 0 Å². The van der Waals surface area contributed by atoms with Crippen LogP contribution >= 0.6 is 0 Å². The van der Waals surface area contributed by atoms with Crippen molar-refractivity contribution in [3.05, 3.63) is 30.5 Å². The van der Waals surface area contributed by atoms with E-state index in [2.05, 4.69) is 30.8 Å². The highest BCUT2D eigenvalue weighted by Crippen LogP contribution is 2.19. The van der Waals surface area contributed by atoms with Crippen LogP contribution in [0.2, 0.25) is 0 Å². The number of nitrogens with one attached hydrogen (secondary N) is 3. The number of carbonyl (C=O) groups excluding carboxylic acids is 1. The Balaban J connectivity index is 1.34. The summed E-state index contributed by atoms with van der Waals surface area (Å²) in [5.74, 6) is 1.09. The van der Waals surface area contributed by atoms with Crippen molar-refractivity contribution in [3.63, 3.8) is 0 Å². The van der Waals surface area contributed by atoms with Gasteiger partial charge in [0.15, 0.2) is 0 Å². The fourth-order valence-corrected chi connectivity index (χ4v) is 4.03. The lowest BCUT2D eigenvalue weighted by atomic mass is 9.99. The molecule has 2 aliphatic rings. The third-order valence-electron chi connectivity index (χ3n) is 5.75. The molecule has 8 nitrogen and oxygen atoms in total. The Morgan fingerprint density at radius 1 is 1.03 bits per heavy atom. The van der Waals surface area contributed by atoms with Crippen molar-refractivity contribution in [2.24, 2.45) is 0 Å². The predicted octanol–water partition coefficient (Wildman–Crippen LogP) is 2.54. The molecule has 2 amide bonds. The van der Waals surface area contributed by atoms with Crippen LogP contribution in [0.4, 0.5) is 27.9 Å². The van der Waals surface area contributed by atoms with Gasteiger partial charge < -0.3 is 25.8 Å². The van der Waals surface area contributed by atoms with E-state index in [0.29, 0.717) is 17.2 Å². The van der Waals surface area contributed by atoms with Gasteiger partial charge in [0.1, 0.15) is 13.7 Å². The quantitative estimate of drug-likeness (QED) is 0.599. The Morgan fingerprint density at radius 2 is 1.77 bits per heavy atom. The van der Waals surface area contributed by atoms with Gasteiger partial charge in [-0.15, -0.1) is 0 Å². The molecule has 2 fully saturated rings. The number of piperidine rings is 1. The number of nitrogens with zero attached hydrogens (tertiary/aromatic N) is 4. The van der Waals surface area contributed by atoms with Crippen LogP contribution in [0.1, 0.15) is 32.1 Å². The number of benzene rings is 1. The van der Waals surface area contributed by atoms with E-state index in [9.17, 15) is 4.79 Å². The van der Waals surface area contributed by atoms with Gasteiger partial charge in [-0.3, -0.25) is 0 Å². The molecule has 2 aromatic rings. The van der Waals surface area contributed by atoms with E-state index in [0.717, 1.165) is 50.4 Å². The van der Waals surface area contributed by atoms with E-state index >= 15 is 0 Å². The van der Waals surface area contributed by atoms with Crippen LogP contribution in [0.3, 0.4) is 0 Å². The second-order valence-corrected chi connectivity index (χ2v) is 8.16. The maximum Gasteiger partial charge on any atom is 0.321 e. The molecule has 9 heteroatoms. The lowest BCUT2D eigenvalue weighted by molar-refractivity contribution is 0.222. The van der Waals surface area contributed by atoms with Crippen molar-refractivity contribution in [1.82, 2.24) is 19.8 Å². The second-order valence-electron chi connectivity index (χ2n) is 8.16. The van der Waals surface area contributed by atoms with Gasteiger partial charge in [0.05, 0.1) is 0 Å². The number of likely N-dealkylation sites (tertiary alicyclic amines) is 2. The van der Waals surface area contributed by atoms with E-state index in [-0.39, 0.29) is 6.03 Å². The summed E-state index contributed by atoms with van der Waals surface area (Å²) in [4.78, 5) is 25.5. The Labute approximate surface area is 185 Å². The Kier molecular flexibility index (Phi) is 7.24. The van der Waals surface area contributed by atoms with Gasteiger partial charge in [-0.1, -0.05) is 12.5 Å². The monoisotopic (exact) mass is 419 g/mol. The summed E-state index contributed by atoms with van der Waals surface area (Å²) >= 11 is 0. The Hall–Kier alpha value is -2.81. The molecule has 0 unspecified atom stereocenters. The molecular weight excluding hydrogens is 389 g/mol. The number of rotatable bonds is 7. The molecule has 0 spiro atoms. The van der Waals surface area contributed by atoms with E-state index in [1.54, 1.807) is 6.20 Å². The fraction of sp³-hybridized carbons (Fsp3) is 0.500. The van der Waals surface area contributed by atoms with Gasteiger partial charge in [0, 0.05) is 43.8 Å². The standard InChI is InChI=1S/C22H30BN7O/c23-19-16-25-21(28-20(19)24-9-14-29-10-2-1-3-11-29)26-17-7-6-8-18(15-17)27-22(31)30-12-4-5-13-30/h6-8,15-16H,1-5,9-14H2,(H,27,31)(H2,24,25,26,28). The first-order valence-corrected chi connectivity index (χ1v) is 11.2. The van der Waals surface area contributed by atoms with Crippen LogP contribution in [-0.4, -0.2) is 72.9 Å². The highest BCUT2D eigenvalue weighted by molar-refractivity contribution is 6.35. The summed E-state index contributed by atoms with van der Waals surface area (Å²) in [5.41, 5.74) is 2.05. The number of anilines is 4. The smallest absolute Gasteiger partial charge is 0.321 e. The molecule has 1 aromatic heterocycles. The molecule has 2 saturated heterocycles. The molecule has 2 aliphatic heterocycles. The number of hydrogen-bond donors (Lipinski definition) is 3. The number of carbonyl (C=O) groups is 1. The second kappa shape index (κ2) is 10.5. The maximum absolute atomic E-state index is 12.3. The molecule has 1 aromatic carbocycles. The Bertz CT molecular complexity index is 882. The Morgan fingerprint density at radius 3 is 2.58 bits per heavy atom. The van der Waals surface area contributed by atoms with Gasteiger partial charge in [-0.2, -0.15) is 4.98 Å². The third-order valence-corrected chi connectivity index (χ3v) is 5.75. The zero-order chi connectivity index (χ0) is 21.5. The number of aromatic nitrogens is 2. The molecule has 3 heterocycles. The van der Waals surface area contributed by atoms with Crippen LogP contribution < -0.4 is 21.4 Å². The van der Waals surface area contributed by atoms with Gasteiger partial charge in [0.25, 0.3) is 0 Å². The molecule has 3 N–H and O–H groups in total. The predicted molar refractivity (Wildman–Crippen MR) is 126 cm³/mol. The first-order chi connectivity index (χ1) is 15.2. The molecule has 0 bridgehead atoms. The van der Waals surface area contributed by atoms with Gasteiger partial charge in [-0.25, -0.2) is 9.78 Å². The van der Waals surface area contributed by atoms with E-state index in [1.165, 1.54) is 32.4 Å².